The molecule has 114 valence electrons. The number of methoxy groups -OCH3 is 1. The molecule has 1 aliphatic rings. The van der Waals surface area contributed by atoms with E-state index in [4.69, 9.17) is 10.5 Å². The second-order valence-electron chi connectivity index (χ2n) is 5.84. The van der Waals surface area contributed by atoms with E-state index in [0.717, 1.165) is 23.8 Å². The topological polar surface area (TPSA) is 38.5 Å². The zero-order valence-corrected chi connectivity index (χ0v) is 13.2. The van der Waals surface area contributed by atoms with Crippen molar-refractivity contribution >= 4 is 0 Å². The fraction of sp³-hybridized carbons (Fsp3) is 0.556. The van der Waals surface area contributed by atoms with Crippen LogP contribution in [0, 0.1) is 17.8 Å². The van der Waals surface area contributed by atoms with Gasteiger partial charge >= 0.3 is 0 Å². The maximum Gasteiger partial charge on any atom is 0.119 e. The Kier molecular flexibility index (Phi) is 6.10. The monoisotopic (exact) mass is 286 g/mol. The van der Waals surface area contributed by atoms with Crippen LogP contribution in [0.5, 0.6) is 5.75 Å². The Morgan fingerprint density at radius 1 is 1.33 bits per heavy atom. The number of hydrogen-bond acceptors (Lipinski definition) is 3. The van der Waals surface area contributed by atoms with Crippen LogP contribution in [0.3, 0.4) is 0 Å². The molecule has 1 unspecified atom stereocenters. The Balaban J connectivity index is 2.16. The number of benzene rings is 1. The fourth-order valence-corrected chi connectivity index (χ4v) is 2.82. The Morgan fingerprint density at radius 3 is 2.95 bits per heavy atom. The smallest absolute Gasteiger partial charge is 0.119 e. The summed E-state index contributed by atoms with van der Waals surface area (Å²) < 4.78 is 5.35. The first-order chi connectivity index (χ1) is 10.2. The zero-order chi connectivity index (χ0) is 15.1. The van der Waals surface area contributed by atoms with Crippen LogP contribution in [-0.2, 0) is 6.54 Å². The molecule has 2 rings (SSSR count). The van der Waals surface area contributed by atoms with Crippen molar-refractivity contribution in [2.45, 2.75) is 32.7 Å². The fourth-order valence-electron chi connectivity index (χ4n) is 2.82. The molecule has 1 saturated heterocycles. The molecule has 0 aromatic heterocycles. The largest absolute Gasteiger partial charge is 0.497 e. The number of rotatable bonds is 3. The second kappa shape index (κ2) is 8.07. The van der Waals surface area contributed by atoms with Gasteiger partial charge in [-0.2, -0.15) is 0 Å². The average molecular weight is 286 g/mol. The predicted octanol–water partition coefficient (Wildman–Crippen LogP) is 2.63. The molecule has 1 atom stereocenters. The molecule has 1 aromatic carbocycles. The summed E-state index contributed by atoms with van der Waals surface area (Å²) in [7, 11) is 1.71. The lowest BCUT2D eigenvalue weighted by molar-refractivity contribution is 0.273. The van der Waals surface area contributed by atoms with Crippen LogP contribution in [0.4, 0.5) is 0 Å². The third-order valence-corrected chi connectivity index (χ3v) is 4.14. The third kappa shape index (κ3) is 4.77. The van der Waals surface area contributed by atoms with Crippen LogP contribution in [0.1, 0.15) is 37.3 Å². The van der Waals surface area contributed by atoms with E-state index < -0.39 is 0 Å². The molecule has 3 nitrogen and oxygen atoms in total. The van der Waals surface area contributed by atoms with E-state index in [9.17, 15) is 0 Å². The highest BCUT2D eigenvalue weighted by Gasteiger charge is 2.15. The maximum atomic E-state index is 5.49. The highest BCUT2D eigenvalue weighted by molar-refractivity contribution is 5.45. The van der Waals surface area contributed by atoms with E-state index in [2.05, 4.69) is 29.7 Å². The van der Waals surface area contributed by atoms with E-state index in [1.165, 1.54) is 37.9 Å². The van der Waals surface area contributed by atoms with Crippen LogP contribution in [0.2, 0.25) is 0 Å². The number of nitrogens with zero attached hydrogens (tertiary/aromatic N) is 1. The minimum Gasteiger partial charge on any atom is -0.497 e. The molecule has 1 fully saturated rings. The molecule has 0 spiro atoms. The molecule has 0 amide bonds. The Bertz CT molecular complexity index is 516. The van der Waals surface area contributed by atoms with E-state index in [-0.39, 0.29) is 0 Å². The van der Waals surface area contributed by atoms with Gasteiger partial charge in [0.15, 0.2) is 0 Å². The first kappa shape index (κ1) is 15.9. The Morgan fingerprint density at radius 2 is 2.19 bits per heavy atom. The lowest BCUT2D eigenvalue weighted by Gasteiger charge is -2.21. The summed E-state index contributed by atoms with van der Waals surface area (Å²) in [6.07, 6.45) is 3.91. The summed E-state index contributed by atoms with van der Waals surface area (Å²) in [5.74, 6) is 7.88. The molecule has 2 N–H and O–H groups in total. The van der Waals surface area contributed by atoms with Crippen molar-refractivity contribution in [1.82, 2.24) is 4.90 Å². The summed E-state index contributed by atoms with van der Waals surface area (Å²) in [4.78, 5) is 2.53. The maximum absolute atomic E-state index is 5.49. The summed E-state index contributed by atoms with van der Waals surface area (Å²) in [6, 6.07) is 6.11. The highest BCUT2D eigenvalue weighted by atomic mass is 16.5. The van der Waals surface area contributed by atoms with Crippen LogP contribution in [-0.4, -0.2) is 31.6 Å². The number of nitrogens with two attached hydrogens (primary N) is 1. The number of likely N-dealkylation sites (tertiary alicyclic amines) is 1. The first-order valence-electron chi connectivity index (χ1n) is 7.81. The van der Waals surface area contributed by atoms with Crippen molar-refractivity contribution in [3.63, 3.8) is 0 Å². The van der Waals surface area contributed by atoms with Gasteiger partial charge in [-0.05, 0) is 62.0 Å². The summed E-state index contributed by atoms with van der Waals surface area (Å²) in [5, 5.41) is 0. The van der Waals surface area contributed by atoms with Gasteiger partial charge in [-0.25, -0.2) is 0 Å². The lowest BCUT2D eigenvalue weighted by Crippen LogP contribution is -2.24. The molecule has 0 aliphatic carbocycles. The van der Waals surface area contributed by atoms with Crippen molar-refractivity contribution in [3.05, 3.63) is 29.3 Å². The SMILES string of the molecule is COc1ccc(C#CCN)c(CN2CCCC(C)CC2)c1. The van der Waals surface area contributed by atoms with Crippen LogP contribution >= 0.6 is 0 Å². The summed E-state index contributed by atoms with van der Waals surface area (Å²) in [5.41, 5.74) is 7.80. The standard InChI is InChI=1S/C18H26N2O/c1-15-5-4-11-20(12-9-15)14-17-13-18(21-2)8-7-16(17)6-3-10-19/h7-8,13,15H,4-5,9-12,14,19H2,1-2H3. The molecule has 21 heavy (non-hydrogen) atoms. The molecule has 1 aliphatic heterocycles. The van der Waals surface area contributed by atoms with Gasteiger partial charge in [0.2, 0.25) is 0 Å². The first-order valence-corrected chi connectivity index (χ1v) is 7.81. The number of hydrogen-bond donors (Lipinski definition) is 1. The minimum atomic E-state index is 0.396. The average Bonchev–Trinajstić information content (AvgIpc) is 2.70. The molecule has 1 aromatic rings. The quantitative estimate of drug-likeness (QED) is 0.868. The highest BCUT2D eigenvalue weighted by Crippen LogP contribution is 2.22. The van der Waals surface area contributed by atoms with Crippen LogP contribution in [0.15, 0.2) is 18.2 Å². The second-order valence-corrected chi connectivity index (χ2v) is 5.84. The van der Waals surface area contributed by atoms with Crippen molar-refractivity contribution < 1.29 is 4.74 Å². The van der Waals surface area contributed by atoms with E-state index in [1.807, 2.05) is 12.1 Å². The molecular weight excluding hydrogens is 260 g/mol. The predicted molar refractivity (Wildman–Crippen MR) is 87.2 cm³/mol. The summed E-state index contributed by atoms with van der Waals surface area (Å²) >= 11 is 0. The van der Waals surface area contributed by atoms with Crippen molar-refractivity contribution in [2.75, 3.05) is 26.7 Å². The van der Waals surface area contributed by atoms with Gasteiger partial charge in [0, 0.05) is 12.1 Å². The van der Waals surface area contributed by atoms with Crippen LogP contribution < -0.4 is 10.5 Å². The van der Waals surface area contributed by atoms with Gasteiger partial charge in [0.05, 0.1) is 13.7 Å². The van der Waals surface area contributed by atoms with Gasteiger partial charge in [-0.1, -0.05) is 18.8 Å². The summed E-state index contributed by atoms with van der Waals surface area (Å²) in [6.45, 7) is 6.03. The molecule has 1 heterocycles. The van der Waals surface area contributed by atoms with Gasteiger partial charge in [0.1, 0.15) is 5.75 Å². The minimum absolute atomic E-state index is 0.396. The Labute approximate surface area is 128 Å². The Hall–Kier alpha value is -1.50. The molecule has 0 bridgehead atoms. The van der Waals surface area contributed by atoms with E-state index in [1.54, 1.807) is 7.11 Å². The third-order valence-electron chi connectivity index (χ3n) is 4.14. The van der Waals surface area contributed by atoms with Gasteiger partial charge in [-0.15, -0.1) is 0 Å². The molecule has 0 radical (unpaired) electrons. The molecule has 0 saturated carbocycles. The van der Waals surface area contributed by atoms with Gasteiger partial charge < -0.3 is 10.5 Å². The number of ether oxygens (including phenoxy) is 1. The van der Waals surface area contributed by atoms with E-state index in [0.29, 0.717) is 6.54 Å². The molecule has 3 heteroatoms. The molecular formula is C18H26N2O. The van der Waals surface area contributed by atoms with Gasteiger partial charge in [0.25, 0.3) is 0 Å². The van der Waals surface area contributed by atoms with Crippen molar-refractivity contribution in [1.29, 1.82) is 0 Å². The van der Waals surface area contributed by atoms with E-state index >= 15 is 0 Å². The van der Waals surface area contributed by atoms with Crippen molar-refractivity contribution in [3.8, 4) is 17.6 Å². The van der Waals surface area contributed by atoms with Gasteiger partial charge in [-0.3, -0.25) is 4.90 Å². The van der Waals surface area contributed by atoms with Crippen LogP contribution in [0.25, 0.3) is 0 Å². The normalized spacial score (nSPS) is 19.5. The van der Waals surface area contributed by atoms with Crippen molar-refractivity contribution in [2.24, 2.45) is 11.7 Å². The zero-order valence-electron chi connectivity index (χ0n) is 13.2. The lowest BCUT2D eigenvalue weighted by atomic mass is 10.0.